The Bertz CT molecular complexity index is 2170. The lowest BCUT2D eigenvalue weighted by Crippen LogP contribution is -2.68. The van der Waals surface area contributed by atoms with Crippen LogP contribution >= 0.6 is 0 Å². The molecule has 3 saturated carbocycles. The summed E-state index contributed by atoms with van der Waals surface area (Å²) in [7, 11) is 1.20. The minimum Gasteiger partial charge on any atom is -0.394 e. The van der Waals surface area contributed by atoms with Gasteiger partial charge in [0.25, 0.3) is 0 Å². The Hall–Kier alpha value is -1.22. The second-order valence-electron chi connectivity index (χ2n) is 27.7. The molecule has 9 aliphatic rings. The SMILES string of the molecule is CO[C@@H]1[C@@H](O)[C@H](O[C@@H]2[C@@H](O)[C@H](O[C@H]3[C@H](O)[C@@H](O[C@@H]4OC[C@@H](O)[C@H](O)[C@H]4O)[C@H](O[C@H]4[C@H](O[C@H]5CC[C@]6(C)C7=CC[C@]8(C)[C@@H]([C@@](C)(O)CCCC(C)C)CC[C@@]8(C)[C@@H]7CC[C@H]6C5(C)C)OC[C@@H](O)[C@@H]4O)O[C@@H]3C)O[C@H](CO)[C@H]2O)O[C@H](CO)[C@H]1O. The van der Waals surface area contributed by atoms with Crippen LogP contribution in [0.25, 0.3) is 0 Å². The molecule has 0 bridgehead atoms. The molecule has 9 rings (SSSR count). The Balaban J connectivity index is 0.931. The van der Waals surface area contributed by atoms with Crippen LogP contribution < -0.4 is 0 Å². The van der Waals surface area contributed by atoms with E-state index < -0.39 is 178 Å². The average Bonchev–Trinajstić information content (AvgIpc) is 1.75. The zero-order valence-electron chi connectivity index (χ0n) is 49.9. The molecule has 0 aromatic heterocycles. The normalized spacial score (nSPS) is 51.8. The van der Waals surface area contributed by atoms with Crippen LogP contribution in [0.1, 0.15) is 127 Å². The first-order valence-electron chi connectivity index (χ1n) is 30.4. The van der Waals surface area contributed by atoms with E-state index in [1.165, 1.54) is 19.6 Å². The van der Waals surface area contributed by atoms with Crippen LogP contribution in [-0.4, -0.2) is 253 Å². The van der Waals surface area contributed by atoms with E-state index in [-0.39, 0.29) is 34.7 Å². The topological polar surface area (TPSA) is 365 Å². The van der Waals surface area contributed by atoms with Crippen molar-refractivity contribution < 1.29 is 118 Å². The van der Waals surface area contributed by atoms with Crippen LogP contribution in [0, 0.1) is 45.3 Å². The summed E-state index contributed by atoms with van der Waals surface area (Å²) in [4.78, 5) is 0. The van der Waals surface area contributed by atoms with Gasteiger partial charge < -0.3 is 118 Å². The minimum atomic E-state index is -1.98. The van der Waals surface area contributed by atoms with Crippen molar-refractivity contribution in [1.82, 2.24) is 0 Å². The van der Waals surface area contributed by atoms with Crippen LogP contribution in [0.4, 0.5) is 0 Å². The second-order valence-corrected chi connectivity index (χ2v) is 27.7. The van der Waals surface area contributed by atoms with Crippen molar-refractivity contribution in [3.8, 4) is 0 Å². The molecule has 24 nitrogen and oxygen atoms in total. The molecule has 0 amide bonds. The molecule has 0 aromatic carbocycles. The second kappa shape index (κ2) is 25.6. The quantitative estimate of drug-likeness (QED) is 0.0614. The minimum absolute atomic E-state index is 0.00768. The van der Waals surface area contributed by atoms with Gasteiger partial charge in [-0.25, -0.2) is 0 Å². The fourth-order valence-electron chi connectivity index (χ4n) is 16.9. The molecule has 0 unspecified atom stereocenters. The van der Waals surface area contributed by atoms with Gasteiger partial charge >= 0.3 is 0 Å². The lowest BCUT2D eigenvalue weighted by Gasteiger charge is -2.65. The van der Waals surface area contributed by atoms with Crippen molar-refractivity contribution in [2.75, 3.05) is 33.5 Å². The number of aliphatic hydroxyl groups excluding tert-OH is 12. The van der Waals surface area contributed by atoms with E-state index in [1.54, 1.807) is 0 Å². The summed E-state index contributed by atoms with van der Waals surface area (Å²) in [6.45, 7) is 17.3. The van der Waals surface area contributed by atoms with E-state index in [1.807, 2.05) is 0 Å². The highest BCUT2D eigenvalue weighted by Crippen LogP contribution is 2.73. The smallest absolute Gasteiger partial charge is 0.187 e. The van der Waals surface area contributed by atoms with Gasteiger partial charge in [-0.1, -0.05) is 73.0 Å². The molecule has 4 aliphatic carbocycles. The van der Waals surface area contributed by atoms with E-state index in [4.69, 9.17) is 52.1 Å². The van der Waals surface area contributed by atoms with Gasteiger partial charge in [0, 0.05) is 7.11 Å². The maximum absolute atomic E-state index is 12.4. The molecule has 0 radical (unpaired) electrons. The molecule has 24 heteroatoms. The van der Waals surface area contributed by atoms with E-state index >= 15 is 0 Å². The molecular formula is C59H100O24. The molecule has 0 aromatic rings. The number of fused-ring (bicyclic) bond motifs is 5. The maximum atomic E-state index is 12.4. The lowest BCUT2D eigenvalue weighted by molar-refractivity contribution is -0.403. The van der Waals surface area contributed by atoms with Crippen molar-refractivity contribution in [2.24, 2.45) is 45.3 Å². The van der Waals surface area contributed by atoms with E-state index in [9.17, 15) is 66.4 Å². The number of allylic oxidation sites excluding steroid dienone is 2. The first-order chi connectivity index (χ1) is 39.0. The fourth-order valence-corrected chi connectivity index (χ4v) is 16.9. The standard InChI is InChI=1S/C59H100O24/c1-26(2)12-11-18-59(9,72)35-16-21-57(7)29-13-14-34-55(4,5)36(17-19-56(34,6)28(29)15-20-58(35,57)8)79-53-48(38(65)31(63)25-75-53)83-54-49(82-50-41(68)37(64)30(62)24-74-50)42(69)45(27(3)76-54)80-52-44(71)47(40(67)33(23-61)78-52)81-51-43(70)46(73-10)39(66)32(22-60)77-51/h15,26-27,29-54,60-72H,11-14,16-25H2,1-10H3/t27-,29-,30-,31-,32-,33-,34+,35+,36+,37+,38+,39-,40-,41-,42+,43-,44-,45-,46+,47+,48-,49-,50+,51+,52+,53+,54+,56-,57+,58-,59+/m1/s1. The third-order valence-corrected chi connectivity index (χ3v) is 22.0. The molecular weight excluding hydrogens is 1090 g/mol. The fraction of sp³-hybridized carbons (Fsp3) is 0.966. The Kier molecular flexibility index (Phi) is 20.4. The first-order valence-corrected chi connectivity index (χ1v) is 30.4. The number of hydrogen-bond acceptors (Lipinski definition) is 24. The summed E-state index contributed by atoms with van der Waals surface area (Å²) in [5, 5.41) is 144. The van der Waals surface area contributed by atoms with Crippen LogP contribution in [-0.2, 0) is 52.1 Å². The predicted octanol–water partition coefficient (Wildman–Crippen LogP) is -0.389. The zero-order chi connectivity index (χ0) is 60.6. The Labute approximate surface area is 487 Å². The Morgan fingerprint density at radius 1 is 0.590 bits per heavy atom. The van der Waals surface area contributed by atoms with Gasteiger partial charge in [-0.05, 0) is 111 Å². The lowest BCUT2D eigenvalue weighted by atomic mass is 9.41. The largest absolute Gasteiger partial charge is 0.394 e. The van der Waals surface area contributed by atoms with Crippen LogP contribution in [0.3, 0.4) is 0 Å². The molecule has 0 spiro atoms. The van der Waals surface area contributed by atoms with Gasteiger partial charge in [0.2, 0.25) is 0 Å². The van der Waals surface area contributed by atoms with Gasteiger partial charge in [-0.2, -0.15) is 0 Å². The van der Waals surface area contributed by atoms with Gasteiger partial charge in [0.05, 0.1) is 44.2 Å². The van der Waals surface area contributed by atoms with Crippen LogP contribution in [0.5, 0.6) is 0 Å². The van der Waals surface area contributed by atoms with Gasteiger partial charge in [0.1, 0.15) is 104 Å². The third kappa shape index (κ3) is 12.1. The summed E-state index contributed by atoms with van der Waals surface area (Å²) in [6, 6.07) is 0. The van der Waals surface area contributed by atoms with Crippen molar-refractivity contribution in [3.63, 3.8) is 0 Å². The van der Waals surface area contributed by atoms with E-state index in [0.717, 1.165) is 57.8 Å². The monoisotopic (exact) mass is 1190 g/mol. The van der Waals surface area contributed by atoms with E-state index in [2.05, 4.69) is 61.5 Å². The molecule has 5 heterocycles. The number of methoxy groups -OCH3 is 1. The third-order valence-electron chi connectivity index (χ3n) is 22.0. The molecule has 83 heavy (non-hydrogen) atoms. The van der Waals surface area contributed by atoms with Crippen LogP contribution in [0.15, 0.2) is 11.6 Å². The number of ether oxygens (including phenoxy) is 11. The summed E-state index contributed by atoms with van der Waals surface area (Å²) < 4.78 is 66.6. The Morgan fingerprint density at radius 3 is 1.78 bits per heavy atom. The van der Waals surface area contributed by atoms with Gasteiger partial charge in [-0.3, -0.25) is 0 Å². The van der Waals surface area contributed by atoms with Crippen molar-refractivity contribution in [2.45, 2.75) is 280 Å². The summed E-state index contributed by atoms with van der Waals surface area (Å²) in [6.07, 6.45) is -26.3. The first kappa shape index (κ1) is 66.2. The highest BCUT2D eigenvalue weighted by molar-refractivity contribution is 5.33. The molecule has 13 N–H and O–H groups in total. The molecule has 5 aliphatic heterocycles. The van der Waals surface area contributed by atoms with Crippen molar-refractivity contribution in [1.29, 1.82) is 0 Å². The predicted molar refractivity (Wildman–Crippen MR) is 289 cm³/mol. The van der Waals surface area contributed by atoms with Crippen LogP contribution in [0.2, 0.25) is 0 Å². The van der Waals surface area contributed by atoms with E-state index in [0.29, 0.717) is 18.3 Å². The van der Waals surface area contributed by atoms with Crippen molar-refractivity contribution >= 4 is 0 Å². The maximum Gasteiger partial charge on any atom is 0.187 e. The summed E-state index contributed by atoms with van der Waals surface area (Å²) >= 11 is 0. The summed E-state index contributed by atoms with van der Waals surface area (Å²) in [5.41, 5.74) is 0.0758. The zero-order valence-corrected chi connectivity index (χ0v) is 49.9. The average molecular weight is 1190 g/mol. The highest BCUT2D eigenvalue weighted by atomic mass is 16.8. The molecule has 480 valence electrons. The number of aliphatic hydroxyl groups is 13. The van der Waals surface area contributed by atoms with Gasteiger partial charge in [0.15, 0.2) is 31.5 Å². The van der Waals surface area contributed by atoms with Crippen molar-refractivity contribution in [3.05, 3.63) is 11.6 Å². The number of hydrogen-bond donors (Lipinski definition) is 13. The molecule has 8 fully saturated rings. The highest BCUT2D eigenvalue weighted by Gasteiger charge is 2.68. The summed E-state index contributed by atoms with van der Waals surface area (Å²) in [5.74, 6) is 1.31. The Morgan fingerprint density at radius 2 is 1.16 bits per heavy atom. The molecule has 5 saturated heterocycles. The molecule has 31 atom stereocenters. The van der Waals surface area contributed by atoms with Gasteiger partial charge in [-0.15, -0.1) is 0 Å². The number of rotatable bonds is 18.